The second-order valence-electron chi connectivity index (χ2n) is 4.48. The van der Waals surface area contributed by atoms with E-state index >= 15 is 0 Å². The molecule has 2 heterocycles. The second-order valence-corrected chi connectivity index (χ2v) is 5.52. The maximum atomic E-state index is 4.66. The van der Waals surface area contributed by atoms with Crippen LogP contribution >= 0.6 is 11.3 Å². The van der Waals surface area contributed by atoms with Gasteiger partial charge in [0, 0.05) is 24.2 Å². The van der Waals surface area contributed by atoms with Crippen LogP contribution in [0.25, 0.3) is 10.7 Å². The van der Waals surface area contributed by atoms with E-state index in [0.717, 1.165) is 29.4 Å². The number of nitrogens with one attached hydrogen (secondary N) is 1. The fourth-order valence-corrected chi connectivity index (χ4v) is 3.11. The first-order chi connectivity index (χ1) is 8.63. The maximum absolute atomic E-state index is 4.66. The molecule has 0 radical (unpaired) electrons. The topological polar surface area (TPSA) is 42.7 Å². The highest BCUT2D eigenvalue weighted by Crippen LogP contribution is 2.31. The third-order valence-corrected chi connectivity index (χ3v) is 4.33. The van der Waals surface area contributed by atoms with E-state index in [0.29, 0.717) is 6.04 Å². The summed E-state index contributed by atoms with van der Waals surface area (Å²) in [6.07, 6.45) is 2.96. The van der Waals surface area contributed by atoms with Gasteiger partial charge in [-0.15, -0.1) is 11.3 Å². The van der Waals surface area contributed by atoms with E-state index in [1.54, 1.807) is 11.3 Å². The van der Waals surface area contributed by atoms with Crippen LogP contribution in [0.15, 0.2) is 12.3 Å². The molecule has 0 amide bonds. The quantitative estimate of drug-likeness (QED) is 0.903. The number of hydrogen-bond acceptors (Lipinski definition) is 4. The second kappa shape index (κ2) is 5.63. The molecular formula is C13H20N4S. The van der Waals surface area contributed by atoms with Gasteiger partial charge in [-0.3, -0.25) is 4.68 Å². The van der Waals surface area contributed by atoms with Gasteiger partial charge >= 0.3 is 0 Å². The van der Waals surface area contributed by atoms with E-state index in [4.69, 9.17) is 0 Å². The lowest BCUT2D eigenvalue weighted by Crippen LogP contribution is -2.18. The van der Waals surface area contributed by atoms with Crippen molar-refractivity contribution in [1.29, 1.82) is 0 Å². The normalized spacial score (nSPS) is 12.9. The van der Waals surface area contributed by atoms with E-state index in [9.17, 15) is 0 Å². The summed E-state index contributed by atoms with van der Waals surface area (Å²) < 4.78 is 1.87. The maximum Gasteiger partial charge on any atom is 0.142 e. The summed E-state index contributed by atoms with van der Waals surface area (Å²) in [5.74, 6) is 0. The predicted octanol–water partition coefficient (Wildman–Crippen LogP) is 2.91. The molecule has 4 nitrogen and oxygen atoms in total. The third kappa shape index (κ3) is 2.62. The molecule has 0 fully saturated rings. The number of rotatable bonds is 5. The molecule has 0 aliphatic carbocycles. The number of aryl methyl sites for hydroxylation is 2. The number of aromatic nitrogens is 3. The van der Waals surface area contributed by atoms with Gasteiger partial charge < -0.3 is 5.32 Å². The zero-order valence-corrected chi connectivity index (χ0v) is 12.2. The Morgan fingerprint density at radius 3 is 2.89 bits per heavy atom. The first-order valence-electron chi connectivity index (χ1n) is 6.32. The van der Waals surface area contributed by atoms with Gasteiger partial charge in [0.25, 0.3) is 0 Å². The van der Waals surface area contributed by atoms with Gasteiger partial charge in [0.05, 0.1) is 11.4 Å². The van der Waals surface area contributed by atoms with Crippen LogP contribution in [0.4, 0.5) is 0 Å². The van der Waals surface area contributed by atoms with Gasteiger partial charge in [0.15, 0.2) is 0 Å². The summed E-state index contributed by atoms with van der Waals surface area (Å²) in [5.41, 5.74) is 2.20. The van der Waals surface area contributed by atoms with Gasteiger partial charge in [-0.05, 0) is 32.9 Å². The lowest BCUT2D eigenvalue weighted by atomic mass is 10.2. The smallest absolute Gasteiger partial charge is 0.142 e. The molecule has 5 heteroatoms. The van der Waals surface area contributed by atoms with Crippen molar-refractivity contribution in [1.82, 2.24) is 20.1 Å². The first-order valence-corrected chi connectivity index (χ1v) is 7.14. The minimum Gasteiger partial charge on any atom is -0.309 e. The number of nitrogens with zero attached hydrogens (tertiary/aromatic N) is 3. The third-order valence-electron chi connectivity index (χ3n) is 2.97. The molecule has 0 saturated carbocycles. The summed E-state index contributed by atoms with van der Waals surface area (Å²) in [7, 11) is 1.95. The van der Waals surface area contributed by atoms with Crippen LogP contribution < -0.4 is 5.32 Å². The largest absolute Gasteiger partial charge is 0.309 e. The van der Waals surface area contributed by atoms with Crippen LogP contribution in [0.3, 0.4) is 0 Å². The van der Waals surface area contributed by atoms with Gasteiger partial charge in [-0.25, -0.2) is 4.98 Å². The average molecular weight is 264 g/mol. The molecule has 0 saturated heterocycles. The molecule has 0 aliphatic rings. The van der Waals surface area contributed by atoms with E-state index in [1.807, 2.05) is 24.0 Å². The molecule has 98 valence electrons. The Hall–Kier alpha value is -1.20. The molecule has 2 aromatic rings. The summed E-state index contributed by atoms with van der Waals surface area (Å²) in [6, 6.07) is 2.37. The highest BCUT2D eigenvalue weighted by Gasteiger charge is 2.16. The lowest BCUT2D eigenvalue weighted by Gasteiger charge is -2.11. The summed E-state index contributed by atoms with van der Waals surface area (Å²) in [4.78, 5) is 5.98. The zero-order chi connectivity index (χ0) is 13.1. The van der Waals surface area contributed by atoms with Crippen LogP contribution in [0.2, 0.25) is 0 Å². The zero-order valence-electron chi connectivity index (χ0n) is 11.4. The van der Waals surface area contributed by atoms with Crippen LogP contribution in [-0.2, 0) is 7.05 Å². The lowest BCUT2D eigenvalue weighted by molar-refractivity contribution is 0.575. The van der Waals surface area contributed by atoms with Gasteiger partial charge in [0.2, 0.25) is 0 Å². The number of hydrogen-bond donors (Lipinski definition) is 1. The van der Waals surface area contributed by atoms with Crippen LogP contribution in [0.5, 0.6) is 0 Å². The fraction of sp³-hybridized carbons (Fsp3) is 0.538. The van der Waals surface area contributed by atoms with Crippen molar-refractivity contribution >= 4 is 11.3 Å². The van der Waals surface area contributed by atoms with E-state index in [2.05, 4.69) is 36.2 Å². The molecule has 1 unspecified atom stereocenters. The Labute approximate surface area is 112 Å². The molecule has 2 aromatic heterocycles. The fourth-order valence-electron chi connectivity index (χ4n) is 1.96. The van der Waals surface area contributed by atoms with Crippen molar-refractivity contribution < 1.29 is 0 Å². The molecule has 1 atom stereocenters. The molecule has 1 N–H and O–H groups in total. The van der Waals surface area contributed by atoms with E-state index < -0.39 is 0 Å². The molecule has 0 aliphatic heterocycles. The predicted molar refractivity (Wildman–Crippen MR) is 75.8 cm³/mol. The number of thiazole rings is 1. The SMILES string of the molecule is CCCNC(C)c1sc(-c2ccnn2C)nc1C. The monoisotopic (exact) mass is 264 g/mol. The standard InChI is InChI=1S/C13H20N4S/c1-5-7-14-9(2)12-10(3)16-13(18-12)11-6-8-15-17(11)4/h6,8-9,14H,5,7H2,1-4H3. The Bertz CT molecular complexity index is 515. The van der Waals surface area contributed by atoms with E-state index in [1.165, 1.54) is 4.88 Å². The van der Waals surface area contributed by atoms with Crippen molar-refractivity contribution in [3.63, 3.8) is 0 Å². The Morgan fingerprint density at radius 2 is 2.28 bits per heavy atom. The van der Waals surface area contributed by atoms with Crippen molar-refractivity contribution in [2.24, 2.45) is 7.05 Å². The molecule has 18 heavy (non-hydrogen) atoms. The van der Waals surface area contributed by atoms with Gasteiger partial charge in [-0.1, -0.05) is 6.92 Å². The van der Waals surface area contributed by atoms with Gasteiger partial charge in [0.1, 0.15) is 5.01 Å². The van der Waals surface area contributed by atoms with Crippen molar-refractivity contribution in [3.8, 4) is 10.7 Å². The average Bonchev–Trinajstić information content (AvgIpc) is 2.92. The summed E-state index contributed by atoms with van der Waals surface area (Å²) >= 11 is 1.76. The Morgan fingerprint density at radius 1 is 1.50 bits per heavy atom. The Balaban J connectivity index is 2.24. The summed E-state index contributed by atoms with van der Waals surface area (Å²) in [6.45, 7) is 7.50. The van der Waals surface area contributed by atoms with Gasteiger partial charge in [-0.2, -0.15) is 5.10 Å². The van der Waals surface area contributed by atoms with Crippen LogP contribution in [-0.4, -0.2) is 21.3 Å². The highest BCUT2D eigenvalue weighted by molar-refractivity contribution is 7.15. The van der Waals surface area contributed by atoms with Crippen LogP contribution in [0.1, 0.15) is 36.9 Å². The molecular weight excluding hydrogens is 244 g/mol. The van der Waals surface area contributed by atoms with E-state index in [-0.39, 0.29) is 0 Å². The van der Waals surface area contributed by atoms with Crippen LogP contribution in [0, 0.1) is 6.92 Å². The minimum atomic E-state index is 0.365. The highest BCUT2D eigenvalue weighted by atomic mass is 32.1. The molecule has 2 rings (SSSR count). The first kappa shape index (κ1) is 13.2. The molecule has 0 aromatic carbocycles. The van der Waals surface area contributed by atoms with Crippen molar-refractivity contribution in [3.05, 3.63) is 22.8 Å². The van der Waals surface area contributed by atoms with Crippen molar-refractivity contribution in [2.45, 2.75) is 33.2 Å². The molecule has 0 spiro atoms. The Kier molecular flexibility index (Phi) is 4.14. The summed E-state index contributed by atoms with van der Waals surface area (Å²) in [5, 5.41) is 8.75. The minimum absolute atomic E-state index is 0.365. The van der Waals surface area contributed by atoms with Crippen molar-refractivity contribution in [2.75, 3.05) is 6.54 Å². The molecule has 0 bridgehead atoms.